The van der Waals surface area contributed by atoms with Gasteiger partial charge in [0.25, 0.3) is 0 Å². The highest BCUT2D eigenvalue weighted by Gasteiger charge is 2.16. The van der Waals surface area contributed by atoms with E-state index in [-0.39, 0.29) is 5.92 Å². The van der Waals surface area contributed by atoms with Crippen molar-refractivity contribution in [3.05, 3.63) is 48.2 Å². The Morgan fingerprint density at radius 1 is 1.44 bits per heavy atom. The lowest BCUT2D eigenvalue weighted by Gasteiger charge is -2.17. The molecule has 0 heterocycles. The van der Waals surface area contributed by atoms with E-state index in [0.717, 1.165) is 18.9 Å². The van der Waals surface area contributed by atoms with Crippen LogP contribution in [0.1, 0.15) is 31.2 Å². The Hall–Kier alpha value is -1.38. The Kier molecular flexibility index (Phi) is 4.96. The summed E-state index contributed by atoms with van der Waals surface area (Å²) in [5, 5.41) is 2.95. The lowest BCUT2D eigenvalue weighted by atomic mass is 9.94. The first kappa shape index (κ1) is 12.7. The summed E-state index contributed by atoms with van der Waals surface area (Å²) < 4.78 is 26.7. The van der Waals surface area contributed by atoms with Gasteiger partial charge in [0.15, 0.2) is 11.6 Å². The molecule has 1 rings (SSSR count). The van der Waals surface area contributed by atoms with Gasteiger partial charge in [-0.3, -0.25) is 0 Å². The summed E-state index contributed by atoms with van der Waals surface area (Å²) in [6.45, 7) is 6.15. The molecule has 1 atom stereocenters. The van der Waals surface area contributed by atoms with Crippen LogP contribution in [0.2, 0.25) is 0 Å². The van der Waals surface area contributed by atoms with Crippen LogP contribution in [0.3, 0.4) is 0 Å². The summed E-state index contributed by atoms with van der Waals surface area (Å²) >= 11 is 0. The summed E-state index contributed by atoms with van der Waals surface area (Å²) in [7, 11) is 0. The summed E-state index contributed by atoms with van der Waals surface area (Å²) in [4.78, 5) is 0. The predicted octanol–water partition coefficient (Wildman–Crippen LogP) is 3.58. The molecule has 1 nitrogen and oxygen atoms in total. The second kappa shape index (κ2) is 6.26. The third-order valence-electron chi connectivity index (χ3n) is 2.57. The monoisotopic (exact) mass is 225 g/mol. The molecule has 0 amide bonds. The van der Waals surface area contributed by atoms with Crippen LogP contribution in [0.4, 0.5) is 8.78 Å². The lowest BCUT2D eigenvalue weighted by Crippen LogP contribution is -2.17. The molecule has 0 aliphatic heterocycles. The Morgan fingerprint density at radius 3 is 2.81 bits per heavy atom. The Bertz CT molecular complexity index is 350. The van der Waals surface area contributed by atoms with Crippen molar-refractivity contribution >= 4 is 0 Å². The van der Waals surface area contributed by atoms with Gasteiger partial charge in [-0.1, -0.05) is 32.1 Å². The van der Waals surface area contributed by atoms with Gasteiger partial charge in [-0.25, -0.2) is 8.78 Å². The van der Waals surface area contributed by atoms with Crippen molar-refractivity contribution in [3.63, 3.8) is 0 Å². The number of halogens is 2. The first-order valence-corrected chi connectivity index (χ1v) is 5.48. The normalized spacial score (nSPS) is 12.2. The average molecular weight is 225 g/mol. The molecule has 0 aromatic heterocycles. The van der Waals surface area contributed by atoms with Crippen molar-refractivity contribution in [2.24, 2.45) is 0 Å². The van der Waals surface area contributed by atoms with Gasteiger partial charge in [0.2, 0.25) is 0 Å². The third kappa shape index (κ3) is 3.05. The molecule has 0 aliphatic rings. The van der Waals surface area contributed by atoms with E-state index in [9.17, 15) is 8.78 Å². The molecular formula is C13H17F2N. The number of hydrogen-bond donors (Lipinski definition) is 1. The van der Waals surface area contributed by atoms with Crippen molar-refractivity contribution in [2.75, 3.05) is 6.54 Å². The maximum absolute atomic E-state index is 13.6. The van der Waals surface area contributed by atoms with Gasteiger partial charge in [-0.15, -0.1) is 0 Å². The first-order valence-electron chi connectivity index (χ1n) is 5.48. The van der Waals surface area contributed by atoms with Crippen LogP contribution >= 0.6 is 0 Å². The van der Waals surface area contributed by atoms with Gasteiger partial charge in [0, 0.05) is 12.5 Å². The Labute approximate surface area is 95.2 Å². The quantitative estimate of drug-likeness (QED) is 0.780. The second-order valence-corrected chi connectivity index (χ2v) is 3.74. The van der Waals surface area contributed by atoms with Gasteiger partial charge in [-0.05, 0) is 24.3 Å². The highest BCUT2D eigenvalue weighted by Crippen LogP contribution is 2.24. The van der Waals surface area contributed by atoms with Gasteiger partial charge >= 0.3 is 0 Å². The minimum absolute atomic E-state index is 0.0151. The summed E-state index contributed by atoms with van der Waals surface area (Å²) in [5.41, 5.74) is 0.441. The van der Waals surface area contributed by atoms with Crippen molar-refractivity contribution < 1.29 is 8.78 Å². The van der Waals surface area contributed by atoms with Gasteiger partial charge in [0.1, 0.15) is 0 Å². The van der Waals surface area contributed by atoms with Crippen LogP contribution in [-0.2, 0) is 0 Å². The molecule has 0 fully saturated rings. The van der Waals surface area contributed by atoms with Crippen LogP contribution in [-0.4, -0.2) is 6.54 Å². The third-order valence-corrected chi connectivity index (χ3v) is 2.57. The molecule has 1 aromatic carbocycles. The van der Waals surface area contributed by atoms with Gasteiger partial charge < -0.3 is 5.32 Å². The standard InChI is InChI=1S/C13H17F2N/c1-3-6-10(9-16-4-2)11-7-5-8-12(14)13(11)15/h4-5,7-8,10,16H,2-3,6,9H2,1H3. The fraction of sp³-hybridized carbons (Fsp3) is 0.385. The smallest absolute Gasteiger partial charge is 0.162 e. The fourth-order valence-electron chi connectivity index (χ4n) is 1.78. The first-order chi connectivity index (χ1) is 7.70. The molecule has 0 saturated carbocycles. The molecule has 16 heavy (non-hydrogen) atoms. The van der Waals surface area contributed by atoms with E-state index < -0.39 is 11.6 Å². The summed E-state index contributed by atoms with van der Waals surface area (Å²) in [6.07, 6.45) is 3.32. The minimum atomic E-state index is -0.780. The molecule has 0 spiro atoms. The molecule has 0 aliphatic carbocycles. The van der Waals surface area contributed by atoms with E-state index in [1.165, 1.54) is 0 Å². The van der Waals surface area contributed by atoms with Crippen molar-refractivity contribution in [1.29, 1.82) is 0 Å². The zero-order valence-corrected chi connectivity index (χ0v) is 9.47. The van der Waals surface area contributed by atoms with Crippen molar-refractivity contribution in [1.82, 2.24) is 5.32 Å². The van der Waals surface area contributed by atoms with E-state index in [0.29, 0.717) is 12.1 Å². The minimum Gasteiger partial charge on any atom is -0.391 e. The molecule has 0 bridgehead atoms. The average Bonchev–Trinajstić information content (AvgIpc) is 2.28. The van der Waals surface area contributed by atoms with Crippen LogP contribution in [0.15, 0.2) is 31.0 Å². The lowest BCUT2D eigenvalue weighted by molar-refractivity contribution is 0.476. The Morgan fingerprint density at radius 2 is 2.19 bits per heavy atom. The predicted molar refractivity (Wildman–Crippen MR) is 62.2 cm³/mol. The Balaban J connectivity index is 2.90. The summed E-state index contributed by atoms with van der Waals surface area (Å²) in [5.74, 6) is -1.53. The SMILES string of the molecule is C=CNCC(CCC)c1cccc(F)c1F. The second-order valence-electron chi connectivity index (χ2n) is 3.74. The number of nitrogens with one attached hydrogen (secondary N) is 1. The fourth-order valence-corrected chi connectivity index (χ4v) is 1.78. The van der Waals surface area contributed by atoms with E-state index in [1.54, 1.807) is 18.3 Å². The number of hydrogen-bond acceptors (Lipinski definition) is 1. The molecule has 1 aromatic rings. The highest BCUT2D eigenvalue weighted by atomic mass is 19.2. The maximum atomic E-state index is 13.6. The summed E-state index contributed by atoms with van der Waals surface area (Å²) in [6, 6.07) is 4.33. The van der Waals surface area contributed by atoms with Crippen LogP contribution < -0.4 is 5.32 Å². The van der Waals surface area contributed by atoms with E-state index in [1.807, 2.05) is 6.92 Å². The maximum Gasteiger partial charge on any atom is 0.162 e. The zero-order valence-electron chi connectivity index (χ0n) is 9.47. The molecule has 3 heteroatoms. The van der Waals surface area contributed by atoms with E-state index in [2.05, 4.69) is 11.9 Å². The molecular weight excluding hydrogens is 208 g/mol. The van der Waals surface area contributed by atoms with Crippen LogP contribution in [0, 0.1) is 11.6 Å². The molecule has 1 N–H and O–H groups in total. The number of benzene rings is 1. The molecule has 0 saturated heterocycles. The van der Waals surface area contributed by atoms with E-state index >= 15 is 0 Å². The van der Waals surface area contributed by atoms with Gasteiger partial charge in [0.05, 0.1) is 0 Å². The van der Waals surface area contributed by atoms with Crippen molar-refractivity contribution in [2.45, 2.75) is 25.7 Å². The molecule has 1 unspecified atom stereocenters. The molecule has 0 radical (unpaired) electrons. The topological polar surface area (TPSA) is 12.0 Å². The van der Waals surface area contributed by atoms with Crippen LogP contribution in [0.5, 0.6) is 0 Å². The van der Waals surface area contributed by atoms with Crippen molar-refractivity contribution in [3.8, 4) is 0 Å². The number of rotatable bonds is 6. The zero-order chi connectivity index (χ0) is 12.0. The highest BCUT2D eigenvalue weighted by molar-refractivity contribution is 5.23. The van der Waals surface area contributed by atoms with Crippen LogP contribution in [0.25, 0.3) is 0 Å². The van der Waals surface area contributed by atoms with E-state index in [4.69, 9.17) is 0 Å². The molecule has 88 valence electrons. The largest absolute Gasteiger partial charge is 0.391 e. The van der Waals surface area contributed by atoms with Gasteiger partial charge in [-0.2, -0.15) is 0 Å².